The van der Waals surface area contributed by atoms with Crippen molar-refractivity contribution in [1.82, 2.24) is 15.3 Å². The minimum Gasteiger partial charge on any atom is -0.355 e. The first-order valence-electron chi connectivity index (χ1n) is 10.1. The molecule has 1 aromatic heterocycles. The highest BCUT2D eigenvalue weighted by molar-refractivity contribution is 7.90. The van der Waals surface area contributed by atoms with Crippen molar-refractivity contribution in [3.63, 3.8) is 0 Å². The molecule has 1 saturated carbocycles. The molecule has 1 aliphatic carbocycles. The van der Waals surface area contributed by atoms with Crippen molar-refractivity contribution in [3.05, 3.63) is 40.2 Å². The summed E-state index contributed by atoms with van der Waals surface area (Å²) in [5, 5.41) is 8.40. The lowest BCUT2D eigenvalue weighted by molar-refractivity contribution is 0.0962. The summed E-state index contributed by atoms with van der Waals surface area (Å²) < 4.78 is 23.7. The van der Waals surface area contributed by atoms with E-state index in [9.17, 15) is 18.0 Å². The maximum absolute atomic E-state index is 12.6. The minimum absolute atomic E-state index is 0.00552. The third kappa shape index (κ3) is 5.61. The molecule has 3 rings (SSSR count). The van der Waals surface area contributed by atoms with Gasteiger partial charge in [-0.3, -0.25) is 14.6 Å². The Morgan fingerprint density at radius 1 is 1.26 bits per heavy atom. The first kappa shape index (κ1) is 22.8. The number of amides is 1. The topological polar surface area (TPSA) is 159 Å². The number of anilines is 3. The van der Waals surface area contributed by atoms with Gasteiger partial charge in [-0.05, 0) is 31.0 Å². The molecule has 168 valence electrons. The van der Waals surface area contributed by atoms with Gasteiger partial charge < -0.3 is 21.7 Å². The first-order chi connectivity index (χ1) is 14.6. The summed E-state index contributed by atoms with van der Waals surface area (Å²) in [7, 11) is -2.02. The smallest absolute Gasteiger partial charge is 0.267 e. The summed E-state index contributed by atoms with van der Waals surface area (Å²) in [6, 6.07) is 6.06. The van der Waals surface area contributed by atoms with Gasteiger partial charge in [0.25, 0.3) is 11.5 Å². The fraction of sp³-hybridized carbons (Fsp3) is 0.450. The lowest BCUT2D eigenvalue weighted by Gasteiger charge is -2.33. The van der Waals surface area contributed by atoms with Crippen molar-refractivity contribution >= 4 is 33.2 Å². The van der Waals surface area contributed by atoms with Gasteiger partial charge in [0.15, 0.2) is 15.7 Å². The third-order valence-corrected chi connectivity index (χ3v) is 6.47. The van der Waals surface area contributed by atoms with Crippen LogP contribution in [-0.2, 0) is 9.84 Å². The molecule has 0 radical (unpaired) electrons. The fourth-order valence-corrected chi connectivity index (χ4v) is 4.28. The molecule has 2 aromatic rings. The molecular formula is C20H28N6O4S. The minimum atomic E-state index is -3.43. The quantitative estimate of drug-likeness (QED) is 0.424. The van der Waals surface area contributed by atoms with E-state index in [1.54, 1.807) is 12.1 Å². The van der Waals surface area contributed by atoms with Crippen molar-refractivity contribution in [2.24, 2.45) is 5.73 Å². The number of nitrogens with zero attached hydrogens (tertiary/aromatic N) is 1. The Bertz CT molecular complexity index is 1120. The second-order valence-electron chi connectivity index (χ2n) is 7.92. The number of aromatic amines is 1. The zero-order valence-corrected chi connectivity index (χ0v) is 18.4. The van der Waals surface area contributed by atoms with Gasteiger partial charge in [-0.2, -0.15) is 4.98 Å². The van der Waals surface area contributed by atoms with Crippen LogP contribution in [0.25, 0.3) is 0 Å². The largest absolute Gasteiger partial charge is 0.355 e. The molecule has 0 unspecified atom stereocenters. The zero-order chi connectivity index (χ0) is 22.6. The Kier molecular flexibility index (Phi) is 6.65. The summed E-state index contributed by atoms with van der Waals surface area (Å²) in [5.74, 6) is -0.439. The third-order valence-electron chi connectivity index (χ3n) is 5.36. The number of nitrogens with one attached hydrogen (secondary N) is 4. The van der Waals surface area contributed by atoms with Crippen molar-refractivity contribution < 1.29 is 13.2 Å². The molecule has 1 amide bonds. The highest BCUT2D eigenvalue weighted by atomic mass is 32.2. The Morgan fingerprint density at radius 3 is 2.61 bits per heavy atom. The van der Waals surface area contributed by atoms with Gasteiger partial charge in [0.05, 0.1) is 4.90 Å². The van der Waals surface area contributed by atoms with E-state index in [1.165, 1.54) is 19.2 Å². The summed E-state index contributed by atoms with van der Waals surface area (Å²) >= 11 is 0. The summed E-state index contributed by atoms with van der Waals surface area (Å²) in [4.78, 5) is 32.0. The number of nitrogens with two attached hydrogens (primary N) is 1. The van der Waals surface area contributed by atoms with Gasteiger partial charge in [-0.15, -0.1) is 0 Å². The highest BCUT2D eigenvalue weighted by Crippen LogP contribution is 2.26. The summed E-state index contributed by atoms with van der Waals surface area (Å²) in [5.41, 5.74) is 5.60. The van der Waals surface area contributed by atoms with Crippen LogP contribution in [0.15, 0.2) is 34.0 Å². The number of hydrogen-bond acceptors (Lipinski definition) is 8. The Hall–Kier alpha value is -2.92. The van der Waals surface area contributed by atoms with Crippen molar-refractivity contribution in [3.8, 4) is 0 Å². The molecule has 0 atom stereocenters. The van der Waals surface area contributed by atoms with Crippen LogP contribution in [0.4, 0.5) is 17.5 Å². The number of H-pyrrole nitrogens is 1. The van der Waals surface area contributed by atoms with E-state index in [2.05, 4.69) is 25.9 Å². The molecule has 1 heterocycles. The van der Waals surface area contributed by atoms with E-state index >= 15 is 0 Å². The van der Waals surface area contributed by atoms with Crippen LogP contribution < -0.4 is 27.2 Å². The molecule has 0 spiro atoms. The van der Waals surface area contributed by atoms with Crippen LogP contribution in [0.3, 0.4) is 0 Å². The highest BCUT2D eigenvalue weighted by Gasteiger charge is 2.27. The normalized spacial score (nSPS) is 15.8. The summed E-state index contributed by atoms with van der Waals surface area (Å²) in [6.07, 6.45) is 6.13. The average Bonchev–Trinajstić information content (AvgIpc) is 2.72. The zero-order valence-electron chi connectivity index (χ0n) is 17.6. The predicted octanol–water partition coefficient (Wildman–Crippen LogP) is 1.35. The van der Waals surface area contributed by atoms with E-state index in [1.807, 2.05) is 0 Å². The second-order valence-corrected chi connectivity index (χ2v) is 9.93. The molecular weight excluding hydrogens is 420 g/mol. The molecule has 6 N–H and O–H groups in total. The molecule has 1 aromatic carbocycles. The van der Waals surface area contributed by atoms with Crippen LogP contribution in [-0.4, -0.2) is 49.7 Å². The van der Waals surface area contributed by atoms with Gasteiger partial charge in [0, 0.05) is 31.1 Å². The van der Waals surface area contributed by atoms with E-state index < -0.39 is 21.3 Å². The van der Waals surface area contributed by atoms with Gasteiger partial charge in [0.2, 0.25) is 5.95 Å². The maximum atomic E-state index is 12.6. The van der Waals surface area contributed by atoms with Crippen LogP contribution in [0.2, 0.25) is 0 Å². The number of aromatic nitrogens is 2. The Balaban J connectivity index is 1.93. The SMILES string of the molecule is CNC(=O)c1c(Nc2cccc(S(C)(=O)=O)c2)nc(NCC2(N)CCCCC2)[nH]c1=O. The Morgan fingerprint density at radius 2 is 1.97 bits per heavy atom. The van der Waals surface area contributed by atoms with E-state index in [-0.39, 0.29) is 27.8 Å². The first-order valence-corrected chi connectivity index (χ1v) is 12.0. The molecule has 1 aliphatic rings. The van der Waals surface area contributed by atoms with E-state index in [0.717, 1.165) is 38.4 Å². The number of hydrogen-bond donors (Lipinski definition) is 5. The van der Waals surface area contributed by atoms with Crippen molar-refractivity contribution in [1.29, 1.82) is 0 Å². The van der Waals surface area contributed by atoms with Crippen molar-refractivity contribution in [2.45, 2.75) is 42.5 Å². The Labute approximate surface area is 181 Å². The monoisotopic (exact) mass is 448 g/mol. The van der Waals surface area contributed by atoms with Gasteiger partial charge >= 0.3 is 0 Å². The van der Waals surface area contributed by atoms with E-state index in [4.69, 9.17) is 5.73 Å². The predicted molar refractivity (Wildman–Crippen MR) is 120 cm³/mol. The molecule has 0 aliphatic heterocycles. The number of carbonyl (C=O) groups is 1. The number of benzene rings is 1. The molecule has 0 saturated heterocycles. The van der Waals surface area contributed by atoms with Gasteiger partial charge in [0.1, 0.15) is 5.56 Å². The lowest BCUT2D eigenvalue weighted by atomic mass is 9.82. The molecule has 11 heteroatoms. The lowest BCUT2D eigenvalue weighted by Crippen LogP contribution is -2.48. The van der Waals surface area contributed by atoms with Crippen molar-refractivity contribution in [2.75, 3.05) is 30.5 Å². The number of sulfone groups is 1. The fourth-order valence-electron chi connectivity index (χ4n) is 3.62. The number of rotatable bonds is 7. The standard InChI is InChI=1S/C20H28N6O4S/c1-22-17(27)15-16(24-13-7-6-8-14(11-13)31(2,29)30)25-19(26-18(15)28)23-12-20(21)9-4-3-5-10-20/h6-8,11H,3-5,9-10,12,21H2,1-2H3,(H,22,27)(H3,23,24,25,26,28). The summed E-state index contributed by atoms with van der Waals surface area (Å²) in [6.45, 7) is 0.429. The van der Waals surface area contributed by atoms with Gasteiger partial charge in [-0.1, -0.05) is 25.3 Å². The van der Waals surface area contributed by atoms with Crippen LogP contribution in [0.5, 0.6) is 0 Å². The van der Waals surface area contributed by atoms with E-state index in [0.29, 0.717) is 12.2 Å². The molecule has 0 bridgehead atoms. The average molecular weight is 449 g/mol. The van der Waals surface area contributed by atoms with Crippen LogP contribution >= 0.6 is 0 Å². The molecule has 31 heavy (non-hydrogen) atoms. The molecule has 10 nitrogen and oxygen atoms in total. The second kappa shape index (κ2) is 9.06. The maximum Gasteiger partial charge on any atom is 0.267 e. The molecule has 1 fully saturated rings. The number of carbonyl (C=O) groups excluding carboxylic acids is 1. The van der Waals surface area contributed by atoms with Gasteiger partial charge in [-0.25, -0.2) is 8.42 Å². The van der Waals surface area contributed by atoms with Crippen LogP contribution in [0, 0.1) is 0 Å². The van der Waals surface area contributed by atoms with Crippen LogP contribution in [0.1, 0.15) is 42.5 Å².